The maximum absolute atomic E-state index is 12.4. The van der Waals surface area contributed by atoms with Gasteiger partial charge in [0.05, 0.1) is 13.2 Å². The number of hydrogen-bond acceptors (Lipinski definition) is 4. The molecular formula is C16H17NO3S. The molecule has 1 saturated heterocycles. The molecule has 3 rings (SSSR count). The molecule has 110 valence electrons. The average Bonchev–Trinajstić information content (AvgIpc) is 3.09. The fourth-order valence-corrected chi connectivity index (χ4v) is 3.21. The first-order valence-electron chi connectivity index (χ1n) is 6.92. The minimum Gasteiger partial charge on any atom is -0.378 e. The Bertz CT molecular complexity index is 585. The maximum atomic E-state index is 12.4. The van der Waals surface area contributed by atoms with E-state index in [4.69, 9.17) is 4.74 Å². The van der Waals surface area contributed by atoms with Crippen LogP contribution in [-0.2, 0) is 9.53 Å². The van der Waals surface area contributed by atoms with Gasteiger partial charge in [-0.05, 0) is 17.0 Å². The second-order valence-corrected chi connectivity index (χ2v) is 5.95. The summed E-state index contributed by atoms with van der Waals surface area (Å²) < 4.78 is 5.72. The van der Waals surface area contributed by atoms with E-state index < -0.39 is 6.10 Å². The minimum atomic E-state index is -1.10. The number of hydrogen-bond donors (Lipinski definition) is 1. The van der Waals surface area contributed by atoms with Crippen LogP contribution in [-0.4, -0.2) is 35.6 Å². The Balaban J connectivity index is 1.70. The first-order chi connectivity index (χ1) is 10.3. The number of rotatable bonds is 3. The highest BCUT2D eigenvalue weighted by Crippen LogP contribution is 2.27. The summed E-state index contributed by atoms with van der Waals surface area (Å²) in [6.45, 7) is 1.50. The second kappa shape index (κ2) is 6.39. The van der Waals surface area contributed by atoms with Crippen molar-refractivity contribution in [3.05, 3.63) is 58.3 Å². The van der Waals surface area contributed by atoms with E-state index in [0.717, 1.165) is 4.88 Å². The monoisotopic (exact) mass is 303 g/mol. The quantitative estimate of drug-likeness (QED) is 0.947. The van der Waals surface area contributed by atoms with Crippen LogP contribution in [0.5, 0.6) is 0 Å². The first kappa shape index (κ1) is 14.3. The summed E-state index contributed by atoms with van der Waals surface area (Å²) in [4.78, 5) is 15.2. The van der Waals surface area contributed by atoms with Gasteiger partial charge in [-0.25, -0.2) is 0 Å². The van der Waals surface area contributed by atoms with Crippen molar-refractivity contribution >= 4 is 17.2 Å². The molecule has 21 heavy (non-hydrogen) atoms. The molecule has 1 aromatic heterocycles. The summed E-state index contributed by atoms with van der Waals surface area (Å²) in [5.74, 6) is -0.258. The third kappa shape index (κ3) is 3.15. The van der Waals surface area contributed by atoms with Gasteiger partial charge in [-0.1, -0.05) is 36.4 Å². The van der Waals surface area contributed by atoms with Gasteiger partial charge in [0.15, 0.2) is 6.10 Å². The van der Waals surface area contributed by atoms with Crippen LogP contribution in [0.15, 0.2) is 47.8 Å². The van der Waals surface area contributed by atoms with Crippen LogP contribution in [0.25, 0.3) is 0 Å². The highest BCUT2D eigenvalue weighted by Gasteiger charge is 2.30. The van der Waals surface area contributed by atoms with Crippen LogP contribution >= 0.6 is 11.3 Å². The average molecular weight is 303 g/mol. The Morgan fingerprint density at radius 2 is 2.10 bits per heavy atom. The highest BCUT2D eigenvalue weighted by atomic mass is 32.1. The van der Waals surface area contributed by atoms with Crippen LogP contribution < -0.4 is 0 Å². The van der Waals surface area contributed by atoms with Crippen molar-refractivity contribution in [1.29, 1.82) is 0 Å². The standard InChI is InChI=1S/C16H17NO3S/c18-15(12-5-2-1-3-6-12)16(19)17-8-9-20-13(11-17)14-7-4-10-21-14/h1-7,10,13,15,18H,8-9,11H2. The van der Waals surface area contributed by atoms with Crippen molar-refractivity contribution in [2.75, 3.05) is 19.7 Å². The summed E-state index contributed by atoms with van der Waals surface area (Å²) in [7, 11) is 0. The van der Waals surface area contributed by atoms with Gasteiger partial charge in [-0.2, -0.15) is 0 Å². The smallest absolute Gasteiger partial charge is 0.256 e. The van der Waals surface area contributed by atoms with Crippen LogP contribution in [0.1, 0.15) is 22.6 Å². The van der Waals surface area contributed by atoms with E-state index in [0.29, 0.717) is 25.3 Å². The summed E-state index contributed by atoms with van der Waals surface area (Å²) in [6, 6.07) is 13.0. The summed E-state index contributed by atoms with van der Waals surface area (Å²) in [6.07, 6.45) is -1.20. The van der Waals surface area contributed by atoms with Gasteiger partial charge in [-0.15, -0.1) is 11.3 Å². The van der Waals surface area contributed by atoms with Crippen molar-refractivity contribution in [3.8, 4) is 0 Å². The summed E-state index contributed by atoms with van der Waals surface area (Å²) >= 11 is 1.62. The van der Waals surface area contributed by atoms with E-state index >= 15 is 0 Å². The maximum Gasteiger partial charge on any atom is 0.256 e. The van der Waals surface area contributed by atoms with Gasteiger partial charge in [0.2, 0.25) is 0 Å². The summed E-state index contributed by atoms with van der Waals surface area (Å²) in [5, 5.41) is 12.2. The molecule has 1 fully saturated rings. The molecular weight excluding hydrogens is 286 g/mol. The fourth-order valence-electron chi connectivity index (χ4n) is 2.45. The molecule has 5 heteroatoms. The topological polar surface area (TPSA) is 49.8 Å². The molecule has 1 N–H and O–H groups in total. The van der Waals surface area contributed by atoms with Crippen molar-refractivity contribution in [2.45, 2.75) is 12.2 Å². The summed E-state index contributed by atoms with van der Waals surface area (Å²) in [5.41, 5.74) is 0.627. The molecule has 2 unspecified atom stereocenters. The molecule has 2 aromatic rings. The molecule has 1 aliphatic rings. The molecule has 1 aliphatic heterocycles. The number of benzene rings is 1. The number of aliphatic hydroxyl groups excluding tert-OH is 1. The Kier molecular flexibility index (Phi) is 4.34. The van der Waals surface area contributed by atoms with Crippen LogP contribution in [0.4, 0.5) is 0 Å². The van der Waals surface area contributed by atoms with E-state index in [2.05, 4.69) is 0 Å². The zero-order chi connectivity index (χ0) is 14.7. The second-order valence-electron chi connectivity index (χ2n) is 4.97. The molecule has 1 amide bonds. The molecule has 0 spiro atoms. The van der Waals surface area contributed by atoms with E-state index in [-0.39, 0.29) is 12.0 Å². The Morgan fingerprint density at radius 1 is 1.29 bits per heavy atom. The Hall–Kier alpha value is -1.69. The number of thiophene rings is 1. The van der Waals surface area contributed by atoms with Gasteiger partial charge >= 0.3 is 0 Å². The Morgan fingerprint density at radius 3 is 2.81 bits per heavy atom. The van der Waals surface area contributed by atoms with E-state index in [9.17, 15) is 9.90 Å². The van der Waals surface area contributed by atoms with Gasteiger partial charge in [0.25, 0.3) is 5.91 Å². The van der Waals surface area contributed by atoms with Crippen molar-refractivity contribution in [2.24, 2.45) is 0 Å². The van der Waals surface area contributed by atoms with Crippen LogP contribution in [0, 0.1) is 0 Å². The number of morpholine rings is 1. The number of carbonyl (C=O) groups is 1. The van der Waals surface area contributed by atoms with Gasteiger partial charge in [0.1, 0.15) is 6.10 Å². The molecule has 0 aliphatic carbocycles. The van der Waals surface area contributed by atoms with Crippen LogP contribution in [0.3, 0.4) is 0 Å². The number of ether oxygens (including phenoxy) is 1. The molecule has 2 atom stereocenters. The third-order valence-corrected chi connectivity index (χ3v) is 4.55. The van der Waals surface area contributed by atoms with Crippen LogP contribution in [0.2, 0.25) is 0 Å². The molecule has 0 bridgehead atoms. The third-order valence-electron chi connectivity index (χ3n) is 3.59. The predicted octanol–water partition coefficient (Wildman–Crippen LogP) is 2.38. The zero-order valence-electron chi connectivity index (χ0n) is 11.5. The predicted molar refractivity (Wildman–Crippen MR) is 81.0 cm³/mol. The number of nitrogens with zero attached hydrogens (tertiary/aromatic N) is 1. The lowest BCUT2D eigenvalue weighted by molar-refractivity contribution is -0.148. The first-order valence-corrected chi connectivity index (χ1v) is 7.80. The van der Waals surface area contributed by atoms with E-state index in [1.54, 1.807) is 28.4 Å². The molecule has 0 saturated carbocycles. The van der Waals surface area contributed by atoms with Crippen molar-refractivity contribution in [3.63, 3.8) is 0 Å². The molecule has 1 aromatic carbocycles. The zero-order valence-corrected chi connectivity index (χ0v) is 12.3. The number of amides is 1. The number of aliphatic hydroxyl groups is 1. The largest absolute Gasteiger partial charge is 0.378 e. The van der Waals surface area contributed by atoms with Gasteiger partial charge in [0, 0.05) is 11.4 Å². The highest BCUT2D eigenvalue weighted by molar-refractivity contribution is 7.10. The number of carbonyl (C=O) groups excluding carboxylic acids is 1. The van der Waals surface area contributed by atoms with Crippen molar-refractivity contribution in [1.82, 2.24) is 4.90 Å². The molecule has 0 radical (unpaired) electrons. The lowest BCUT2D eigenvalue weighted by Crippen LogP contribution is -2.44. The normalized spacial score (nSPS) is 20.2. The Labute approximate surface area is 127 Å². The van der Waals surface area contributed by atoms with Gasteiger partial charge in [-0.3, -0.25) is 4.79 Å². The fraction of sp³-hybridized carbons (Fsp3) is 0.312. The van der Waals surface area contributed by atoms with E-state index in [1.165, 1.54) is 0 Å². The molecule has 2 heterocycles. The SMILES string of the molecule is O=C(C(O)c1ccccc1)N1CCOC(c2cccs2)C1. The van der Waals surface area contributed by atoms with Gasteiger partial charge < -0.3 is 14.7 Å². The van der Waals surface area contributed by atoms with Crippen molar-refractivity contribution < 1.29 is 14.6 Å². The van der Waals surface area contributed by atoms with E-state index in [1.807, 2.05) is 35.7 Å². The molecule has 4 nitrogen and oxygen atoms in total. The lowest BCUT2D eigenvalue weighted by Gasteiger charge is -2.33. The minimum absolute atomic E-state index is 0.0920. The lowest BCUT2D eigenvalue weighted by atomic mass is 10.1.